The first kappa shape index (κ1) is 52.8. The minimum atomic E-state index is -1.16. The number of carbonyl (C=O) groups excluding carboxylic acids is 2. The van der Waals surface area contributed by atoms with E-state index in [1.807, 2.05) is 38.1 Å². The van der Waals surface area contributed by atoms with Crippen LogP contribution in [0.2, 0.25) is 0 Å². The van der Waals surface area contributed by atoms with Crippen molar-refractivity contribution >= 4 is 193 Å². The SMILES string of the molecule is C.C.CCNC(Cc1cc(I)c(Oc2cc(I)c(O)c(I)c2)c(I)c1)C(=O)OCC.[NH3+]C(Cc1cc(I)c(Oc2cc(I)c(O)c(I)c2)c(I)c1)C(=O)[O-]. The minimum absolute atomic E-state index is 0. The van der Waals surface area contributed by atoms with E-state index in [2.05, 4.69) is 192 Å². The molecule has 6 N–H and O–H groups in total. The third-order valence-corrected chi connectivity index (χ3v) is 13.3. The maximum Gasteiger partial charge on any atom is 0.323 e. The van der Waals surface area contributed by atoms with Gasteiger partial charge in [-0.1, -0.05) is 21.8 Å². The molecule has 4 aromatic rings. The Morgan fingerprint density at radius 3 is 1.33 bits per heavy atom. The van der Waals surface area contributed by atoms with Gasteiger partial charge >= 0.3 is 5.97 Å². The summed E-state index contributed by atoms with van der Waals surface area (Å²) in [5, 5.41) is 33.8. The standard InChI is InChI=1S/C19H19I4NO4.C15H11I4NO4.2CH4/c1-3-24-16(19(26)27-4-2)7-10-5-14(22)18(15(23)6-10)28-11-8-12(20)17(25)13(21)9-11;16-8-4-7(5-9(17)13(8)21)24-14-10(18)1-6(2-11(14)19)3-12(20)15(22)23;;/h5-6,8-9,16,24-25H,3-4,7H2,1-2H3;1-2,4-5,12,21H,3,20H2,(H,22,23);2*1H4. The van der Waals surface area contributed by atoms with Gasteiger partial charge in [-0.3, -0.25) is 4.79 Å². The van der Waals surface area contributed by atoms with Gasteiger partial charge in [0.05, 0.1) is 41.1 Å². The Morgan fingerprint density at radius 1 is 0.667 bits per heavy atom. The van der Waals surface area contributed by atoms with Gasteiger partial charge in [0.15, 0.2) is 11.5 Å². The highest BCUT2D eigenvalue weighted by atomic mass is 127. The van der Waals surface area contributed by atoms with Crippen LogP contribution in [-0.2, 0) is 27.2 Å². The minimum Gasteiger partial charge on any atom is -0.544 e. The van der Waals surface area contributed by atoms with Crippen molar-refractivity contribution in [2.24, 2.45) is 0 Å². The van der Waals surface area contributed by atoms with E-state index in [9.17, 15) is 24.9 Å². The number of phenolic OH excluding ortho intramolecular Hbond substituents is 2. The van der Waals surface area contributed by atoms with Gasteiger partial charge in [-0.15, -0.1) is 0 Å². The highest BCUT2D eigenvalue weighted by molar-refractivity contribution is 14.1. The van der Waals surface area contributed by atoms with Crippen LogP contribution in [0.4, 0.5) is 0 Å². The van der Waals surface area contributed by atoms with Gasteiger partial charge in [0.2, 0.25) is 0 Å². The van der Waals surface area contributed by atoms with Crippen LogP contribution in [0.15, 0.2) is 48.5 Å². The lowest BCUT2D eigenvalue weighted by molar-refractivity contribution is -0.437. The summed E-state index contributed by atoms with van der Waals surface area (Å²) < 4.78 is 23.8. The Balaban J connectivity index is 0.000000526. The van der Waals surface area contributed by atoms with E-state index in [-0.39, 0.29) is 38.4 Å². The zero-order chi connectivity index (χ0) is 38.9. The number of aromatic hydroxyl groups is 2. The Hall–Kier alpha value is 0.780. The quantitative estimate of drug-likeness (QED) is 0.0754. The average molecular weight is 1640 g/mol. The monoisotopic (exact) mass is 1640 g/mol. The zero-order valence-electron chi connectivity index (χ0n) is 27.2. The summed E-state index contributed by atoms with van der Waals surface area (Å²) in [5.74, 6) is 1.89. The predicted molar refractivity (Wildman–Crippen MR) is 278 cm³/mol. The van der Waals surface area contributed by atoms with E-state index in [0.717, 1.165) is 38.3 Å². The van der Waals surface area contributed by atoms with E-state index in [1.165, 1.54) is 0 Å². The lowest BCUT2D eigenvalue weighted by Crippen LogP contribution is -2.69. The van der Waals surface area contributed by atoms with Crippen LogP contribution in [0.5, 0.6) is 34.5 Å². The largest absolute Gasteiger partial charge is 0.544 e. The molecule has 0 bridgehead atoms. The molecule has 4 aromatic carbocycles. The van der Waals surface area contributed by atoms with Gasteiger partial charge in [-0.25, -0.2) is 0 Å². The van der Waals surface area contributed by atoms with Crippen LogP contribution in [0, 0.1) is 28.6 Å². The van der Waals surface area contributed by atoms with Crippen molar-refractivity contribution in [2.45, 2.75) is 53.6 Å². The molecule has 0 fully saturated rings. The molecule has 0 saturated heterocycles. The van der Waals surface area contributed by atoms with Crippen LogP contribution >= 0.6 is 181 Å². The fourth-order valence-electron chi connectivity index (χ4n) is 4.43. The van der Waals surface area contributed by atoms with E-state index in [0.29, 0.717) is 50.4 Å². The Morgan fingerprint density at radius 2 is 1.02 bits per heavy atom. The maximum absolute atomic E-state index is 12.2. The number of hydrogen-bond donors (Lipinski definition) is 4. The number of rotatable bonds is 13. The van der Waals surface area contributed by atoms with Gasteiger partial charge in [-0.2, -0.15) is 0 Å². The molecular weight excluding hydrogens is 1600 g/mol. The zero-order valence-corrected chi connectivity index (χ0v) is 44.4. The second-order valence-corrected chi connectivity index (χ2v) is 20.0. The Bertz CT molecular complexity index is 1840. The molecule has 296 valence electrons. The Labute approximate surface area is 425 Å². The number of ether oxygens (including phenoxy) is 3. The molecule has 0 aromatic heterocycles. The van der Waals surface area contributed by atoms with Crippen molar-refractivity contribution < 1.29 is 44.9 Å². The number of carbonyl (C=O) groups is 2. The fourth-order valence-corrected chi connectivity index (χ4v) is 12.1. The van der Waals surface area contributed by atoms with Crippen LogP contribution in [0.25, 0.3) is 0 Å². The van der Waals surface area contributed by atoms with Gasteiger partial charge in [0, 0.05) is 6.42 Å². The number of likely N-dealkylation sites (N-methyl/N-ethyl adjacent to an activating group) is 1. The molecule has 0 aliphatic heterocycles. The molecule has 18 heteroatoms. The van der Waals surface area contributed by atoms with Gasteiger partial charge in [-0.05, 0) is 260 Å². The van der Waals surface area contributed by atoms with Crippen molar-refractivity contribution in [3.05, 3.63) is 88.2 Å². The van der Waals surface area contributed by atoms with E-state index >= 15 is 0 Å². The van der Waals surface area contributed by atoms with Crippen LogP contribution in [0.1, 0.15) is 39.8 Å². The van der Waals surface area contributed by atoms with E-state index in [1.54, 1.807) is 24.3 Å². The van der Waals surface area contributed by atoms with E-state index < -0.39 is 12.0 Å². The second kappa shape index (κ2) is 25.4. The molecule has 54 heavy (non-hydrogen) atoms. The summed E-state index contributed by atoms with van der Waals surface area (Å²) in [4.78, 5) is 23.0. The van der Waals surface area contributed by atoms with E-state index in [4.69, 9.17) is 14.2 Å². The summed E-state index contributed by atoms with van der Waals surface area (Å²) in [5.41, 5.74) is 5.49. The first-order chi connectivity index (χ1) is 24.4. The summed E-state index contributed by atoms with van der Waals surface area (Å²) in [6.07, 6.45) is 0.859. The summed E-state index contributed by atoms with van der Waals surface area (Å²) in [6, 6.07) is 13.8. The first-order valence-corrected chi connectivity index (χ1v) is 23.7. The highest BCUT2D eigenvalue weighted by Crippen LogP contribution is 2.38. The molecular formula is C36H38I8N2O8. The highest BCUT2D eigenvalue weighted by Gasteiger charge is 2.21. The van der Waals surface area contributed by atoms with Crippen molar-refractivity contribution in [1.29, 1.82) is 0 Å². The van der Waals surface area contributed by atoms with Crippen molar-refractivity contribution in [1.82, 2.24) is 5.32 Å². The van der Waals surface area contributed by atoms with Crippen LogP contribution < -0.4 is 25.6 Å². The van der Waals surface area contributed by atoms with Crippen LogP contribution in [-0.4, -0.2) is 47.4 Å². The molecule has 0 heterocycles. The van der Waals surface area contributed by atoms with Crippen molar-refractivity contribution in [2.75, 3.05) is 13.2 Å². The number of aliphatic carboxylic acids is 1. The number of quaternary nitrogens is 1. The molecule has 0 amide bonds. The number of esters is 1. The number of hydrogen-bond acceptors (Lipinski definition) is 9. The summed E-state index contributed by atoms with van der Waals surface area (Å²) in [6.45, 7) is 4.84. The van der Waals surface area contributed by atoms with Crippen LogP contribution in [0.3, 0.4) is 0 Å². The maximum atomic E-state index is 12.2. The smallest absolute Gasteiger partial charge is 0.323 e. The lowest BCUT2D eigenvalue weighted by Gasteiger charge is -2.18. The number of benzene rings is 4. The number of carboxylic acids is 1. The summed E-state index contributed by atoms with van der Waals surface area (Å²) >= 11 is 17.1. The van der Waals surface area contributed by atoms with Gasteiger partial charge in [0.1, 0.15) is 35.1 Å². The molecule has 0 spiro atoms. The normalized spacial score (nSPS) is 11.5. The topological polar surface area (TPSA) is 165 Å². The van der Waals surface area contributed by atoms with Gasteiger partial charge < -0.3 is 45.4 Å². The summed E-state index contributed by atoms with van der Waals surface area (Å²) in [7, 11) is 0. The second-order valence-electron chi connectivity index (χ2n) is 10.7. The average Bonchev–Trinajstić information content (AvgIpc) is 3.06. The molecule has 2 atom stereocenters. The molecule has 2 unspecified atom stereocenters. The fraction of sp³-hybridized carbons (Fsp3) is 0.278. The Kier molecular flexibility index (Phi) is 24.8. The predicted octanol–water partition coefficient (Wildman–Crippen LogP) is 9.46. The molecule has 0 aliphatic rings. The molecule has 0 radical (unpaired) electrons. The number of halogens is 8. The molecule has 10 nitrogen and oxygen atoms in total. The molecule has 0 aliphatic carbocycles. The third kappa shape index (κ3) is 15.8. The third-order valence-electron chi connectivity index (χ3n) is 6.81. The first-order valence-electron chi connectivity index (χ1n) is 15.1. The number of phenols is 2. The molecule has 0 saturated carbocycles. The lowest BCUT2D eigenvalue weighted by atomic mass is 10.1. The number of carboxylic acid groups (broad SMARTS) is 1. The number of nitrogens with one attached hydrogen (secondary N) is 1. The molecule has 4 rings (SSSR count). The van der Waals surface area contributed by atoms with Crippen molar-refractivity contribution in [3.8, 4) is 34.5 Å². The van der Waals surface area contributed by atoms with Crippen molar-refractivity contribution in [3.63, 3.8) is 0 Å². The van der Waals surface area contributed by atoms with Gasteiger partial charge in [0.25, 0.3) is 0 Å².